The smallest absolute Gasteiger partial charge is 0.267 e. The first-order chi connectivity index (χ1) is 13.7. The number of halogens is 2. The molecule has 0 atom stereocenters. The highest BCUT2D eigenvalue weighted by molar-refractivity contribution is 9.10. The Morgan fingerprint density at radius 2 is 2.03 bits per heavy atom. The topological polar surface area (TPSA) is 113 Å². The van der Waals surface area contributed by atoms with E-state index in [0.717, 1.165) is 23.0 Å². The molecule has 1 saturated heterocycles. The molecular formula is C19H23BrClN5O3. The molecule has 4 N–H and O–H groups in total. The van der Waals surface area contributed by atoms with Crippen LogP contribution in [0.2, 0.25) is 5.15 Å². The minimum absolute atomic E-state index is 0.0470. The molecule has 156 valence electrons. The van der Waals surface area contributed by atoms with Gasteiger partial charge in [-0.3, -0.25) is 9.59 Å². The van der Waals surface area contributed by atoms with Gasteiger partial charge in [0.2, 0.25) is 0 Å². The first-order valence-corrected chi connectivity index (χ1v) is 10.3. The van der Waals surface area contributed by atoms with Gasteiger partial charge in [0.05, 0.1) is 12.7 Å². The Morgan fingerprint density at radius 3 is 2.55 bits per heavy atom. The molecule has 2 aromatic heterocycles. The van der Waals surface area contributed by atoms with E-state index in [4.69, 9.17) is 22.1 Å². The molecule has 0 saturated carbocycles. The van der Waals surface area contributed by atoms with Crippen molar-refractivity contribution in [2.45, 2.75) is 32.7 Å². The lowest BCUT2D eigenvalue weighted by Gasteiger charge is -2.34. The fourth-order valence-electron chi connectivity index (χ4n) is 3.56. The maximum Gasteiger partial charge on any atom is 0.267 e. The zero-order valence-electron chi connectivity index (χ0n) is 16.4. The minimum atomic E-state index is -0.612. The van der Waals surface area contributed by atoms with E-state index in [9.17, 15) is 9.59 Å². The second-order valence-electron chi connectivity index (χ2n) is 7.01. The van der Waals surface area contributed by atoms with Crippen molar-refractivity contribution in [2.75, 3.05) is 25.1 Å². The lowest BCUT2D eigenvalue weighted by atomic mass is 10.0. The van der Waals surface area contributed by atoms with Crippen molar-refractivity contribution in [1.29, 1.82) is 0 Å². The number of aryl methyl sites for hydroxylation is 1. The second-order valence-corrected chi connectivity index (χ2v) is 8.23. The van der Waals surface area contributed by atoms with Gasteiger partial charge in [-0.25, -0.2) is 4.98 Å². The fraction of sp³-hybridized carbons (Fsp3) is 0.421. The van der Waals surface area contributed by atoms with Crippen LogP contribution in [-0.4, -0.2) is 48.0 Å². The maximum absolute atomic E-state index is 12.4. The fourth-order valence-corrected chi connectivity index (χ4v) is 4.14. The Labute approximate surface area is 182 Å². The molecule has 29 heavy (non-hydrogen) atoms. The van der Waals surface area contributed by atoms with E-state index in [-0.39, 0.29) is 28.4 Å². The highest BCUT2D eigenvalue weighted by Gasteiger charge is 2.27. The monoisotopic (exact) mass is 483 g/mol. The number of aromatic nitrogens is 2. The number of methoxy groups -OCH3 is 1. The van der Waals surface area contributed by atoms with Crippen LogP contribution in [0.25, 0.3) is 0 Å². The number of rotatable bonds is 5. The van der Waals surface area contributed by atoms with Gasteiger partial charge >= 0.3 is 0 Å². The van der Waals surface area contributed by atoms with Crippen LogP contribution >= 0.6 is 27.5 Å². The third-order valence-electron chi connectivity index (χ3n) is 5.11. The normalized spacial score (nSPS) is 14.7. The largest absolute Gasteiger partial charge is 0.493 e. The summed E-state index contributed by atoms with van der Waals surface area (Å²) in [6.07, 6.45) is 1.48. The summed E-state index contributed by atoms with van der Waals surface area (Å²) in [6, 6.07) is 1.82. The highest BCUT2D eigenvalue weighted by atomic mass is 79.9. The third kappa shape index (κ3) is 4.35. The van der Waals surface area contributed by atoms with Crippen molar-refractivity contribution in [3.63, 3.8) is 0 Å². The number of hydrogen-bond acceptors (Lipinski definition) is 5. The van der Waals surface area contributed by atoms with Gasteiger partial charge in [0.25, 0.3) is 11.8 Å². The number of H-pyrrole nitrogens is 1. The highest BCUT2D eigenvalue weighted by Crippen LogP contribution is 2.35. The second kappa shape index (κ2) is 8.62. The number of primary amides is 1. The summed E-state index contributed by atoms with van der Waals surface area (Å²) in [7, 11) is 1.42. The first kappa shape index (κ1) is 21.4. The number of anilines is 1. The van der Waals surface area contributed by atoms with E-state index >= 15 is 0 Å². The number of carbonyl (C=O) groups excluding carboxylic acids is 2. The maximum atomic E-state index is 12.4. The van der Waals surface area contributed by atoms with Crippen molar-refractivity contribution in [3.8, 4) is 5.75 Å². The number of nitrogens with two attached hydrogens (primary N) is 1. The van der Waals surface area contributed by atoms with Crippen LogP contribution in [0.4, 0.5) is 5.82 Å². The van der Waals surface area contributed by atoms with Crippen LogP contribution in [0.15, 0.2) is 10.5 Å². The van der Waals surface area contributed by atoms with Crippen LogP contribution in [0.1, 0.15) is 44.9 Å². The number of aromatic amines is 1. The number of ether oxygens (including phenoxy) is 1. The summed E-state index contributed by atoms with van der Waals surface area (Å²) in [5, 5.41) is 3.17. The SMILES string of the molecule is COc1c(Cl)nc(N2CCC(NC(=O)c3cc(Br)c(C)[nH]3)CC2)c(C)c1C(N)=O. The lowest BCUT2D eigenvalue weighted by Crippen LogP contribution is -2.45. The molecule has 3 rings (SSSR count). The van der Waals surface area contributed by atoms with Crippen LogP contribution in [0.5, 0.6) is 5.75 Å². The summed E-state index contributed by atoms with van der Waals surface area (Å²) in [6.45, 7) is 5.00. The molecule has 2 amide bonds. The lowest BCUT2D eigenvalue weighted by molar-refractivity contribution is 0.0925. The van der Waals surface area contributed by atoms with Gasteiger partial charge in [-0.2, -0.15) is 0 Å². The summed E-state index contributed by atoms with van der Waals surface area (Å²) in [4.78, 5) is 33.9. The van der Waals surface area contributed by atoms with Gasteiger partial charge in [-0.1, -0.05) is 11.6 Å². The van der Waals surface area contributed by atoms with Crippen molar-refractivity contribution in [1.82, 2.24) is 15.3 Å². The van der Waals surface area contributed by atoms with E-state index in [1.54, 1.807) is 13.0 Å². The number of carbonyl (C=O) groups is 2. The summed E-state index contributed by atoms with van der Waals surface area (Å²) in [5.74, 6) is 0.0581. The van der Waals surface area contributed by atoms with Crippen LogP contribution in [0, 0.1) is 13.8 Å². The molecule has 2 aromatic rings. The Balaban J connectivity index is 1.71. The Hall–Kier alpha value is -2.26. The number of nitrogens with zero attached hydrogens (tertiary/aromatic N) is 2. The van der Waals surface area contributed by atoms with E-state index < -0.39 is 5.91 Å². The van der Waals surface area contributed by atoms with E-state index in [0.29, 0.717) is 30.2 Å². The number of hydrogen-bond donors (Lipinski definition) is 3. The Kier molecular flexibility index (Phi) is 6.38. The zero-order valence-corrected chi connectivity index (χ0v) is 18.8. The van der Waals surface area contributed by atoms with Crippen LogP contribution in [-0.2, 0) is 0 Å². The molecule has 3 heterocycles. The van der Waals surface area contributed by atoms with Crippen molar-refractivity contribution in [3.05, 3.63) is 38.2 Å². The molecule has 1 aliphatic rings. The van der Waals surface area contributed by atoms with Gasteiger partial charge in [0, 0.05) is 34.9 Å². The molecule has 0 unspecified atom stereocenters. The van der Waals surface area contributed by atoms with Gasteiger partial charge in [-0.15, -0.1) is 0 Å². The van der Waals surface area contributed by atoms with E-state index in [2.05, 4.69) is 31.2 Å². The molecule has 1 aliphatic heterocycles. The van der Waals surface area contributed by atoms with Crippen LogP contribution < -0.4 is 20.7 Å². The average Bonchev–Trinajstić information content (AvgIpc) is 3.02. The number of amides is 2. The molecular weight excluding hydrogens is 462 g/mol. The van der Waals surface area contributed by atoms with Crippen LogP contribution in [0.3, 0.4) is 0 Å². The van der Waals surface area contributed by atoms with E-state index in [1.807, 2.05) is 11.8 Å². The molecule has 0 bridgehead atoms. The molecule has 0 radical (unpaired) electrons. The summed E-state index contributed by atoms with van der Waals surface area (Å²) in [5.41, 5.74) is 7.84. The quantitative estimate of drug-likeness (QED) is 0.565. The Morgan fingerprint density at radius 1 is 1.38 bits per heavy atom. The zero-order chi connectivity index (χ0) is 21.3. The number of nitrogens with one attached hydrogen (secondary N) is 2. The first-order valence-electron chi connectivity index (χ1n) is 9.17. The minimum Gasteiger partial charge on any atom is -0.493 e. The number of pyridine rings is 1. The predicted octanol–water partition coefficient (Wildman–Crippen LogP) is 2.95. The van der Waals surface area contributed by atoms with E-state index in [1.165, 1.54) is 7.11 Å². The van der Waals surface area contributed by atoms with Gasteiger partial charge in [-0.05, 0) is 48.7 Å². The molecule has 0 aliphatic carbocycles. The third-order valence-corrected chi connectivity index (χ3v) is 6.19. The van der Waals surface area contributed by atoms with Gasteiger partial charge in [0.15, 0.2) is 10.9 Å². The van der Waals surface area contributed by atoms with Crippen molar-refractivity contribution >= 4 is 45.2 Å². The van der Waals surface area contributed by atoms with Crippen molar-refractivity contribution in [2.24, 2.45) is 5.73 Å². The van der Waals surface area contributed by atoms with Gasteiger partial charge in [0.1, 0.15) is 11.5 Å². The molecule has 1 fully saturated rings. The summed E-state index contributed by atoms with van der Waals surface area (Å²) < 4.78 is 6.08. The number of piperidine rings is 1. The Bertz CT molecular complexity index is 934. The van der Waals surface area contributed by atoms with Crippen molar-refractivity contribution < 1.29 is 14.3 Å². The molecule has 0 spiro atoms. The standard InChI is InChI=1S/C19H23BrClN5O3/c1-9-14(17(22)27)15(29-3)16(21)25-18(9)26-6-4-11(5-7-26)24-19(28)13-8-12(20)10(2)23-13/h8,11,23H,4-7H2,1-3H3,(H2,22,27)(H,24,28). The molecule has 10 heteroatoms. The predicted molar refractivity (Wildman–Crippen MR) is 115 cm³/mol. The molecule has 0 aromatic carbocycles. The van der Waals surface area contributed by atoms with Gasteiger partial charge < -0.3 is 25.7 Å². The average molecular weight is 485 g/mol. The summed E-state index contributed by atoms with van der Waals surface area (Å²) >= 11 is 9.62. The molecule has 8 nitrogen and oxygen atoms in total.